The van der Waals surface area contributed by atoms with Gasteiger partial charge < -0.3 is 10.2 Å². The fourth-order valence-electron chi connectivity index (χ4n) is 3.13. The van der Waals surface area contributed by atoms with Crippen molar-refractivity contribution < 1.29 is 4.79 Å². The molecule has 2 aliphatic rings. The van der Waals surface area contributed by atoms with Gasteiger partial charge in [-0.25, -0.2) is 0 Å². The highest BCUT2D eigenvalue weighted by Gasteiger charge is 2.30. The summed E-state index contributed by atoms with van der Waals surface area (Å²) >= 11 is 11.2. The molecule has 1 N–H and O–H groups in total. The second kappa shape index (κ2) is 8.31. The van der Waals surface area contributed by atoms with Crippen LogP contribution in [0.5, 0.6) is 0 Å². The number of nitrogens with one attached hydrogen (secondary N) is 1. The average Bonchev–Trinajstić information content (AvgIpc) is 2.78. The minimum absolute atomic E-state index is 0. The summed E-state index contributed by atoms with van der Waals surface area (Å²) in [6, 6.07) is 2.47. The van der Waals surface area contributed by atoms with Crippen LogP contribution in [-0.2, 0) is 11.3 Å². The lowest BCUT2D eigenvalue weighted by Crippen LogP contribution is -2.56. The second-order valence-electron chi connectivity index (χ2n) is 5.63. The number of carbonyl (C=O) groups is 1. The first kappa shape index (κ1) is 18.5. The van der Waals surface area contributed by atoms with E-state index in [1.807, 2.05) is 0 Å². The molecule has 4 nitrogen and oxygen atoms in total. The third kappa shape index (κ3) is 4.36. The lowest BCUT2D eigenvalue weighted by Gasteiger charge is -2.41. The van der Waals surface area contributed by atoms with Crippen LogP contribution in [0.25, 0.3) is 0 Å². The van der Waals surface area contributed by atoms with Crippen LogP contribution in [0.3, 0.4) is 0 Å². The van der Waals surface area contributed by atoms with Crippen molar-refractivity contribution in [3.63, 3.8) is 0 Å². The van der Waals surface area contributed by atoms with E-state index in [-0.39, 0.29) is 18.3 Å². The second-order valence-corrected chi connectivity index (χ2v) is 8.22. The van der Waals surface area contributed by atoms with Crippen molar-refractivity contribution in [2.45, 2.75) is 25.4 Å². The Kier molecular flexibility index (Phi) is 6.98. The van der Waals surface area contributed by atoms with Gasteiger partial charge >= 0.3 is 0 Å². The van der Waals surface area contributed by atoms with Gasteiger partial charge in [0.05, 0.1) is 6.54 Å². The Morgan fingerprint density at radius 1 is 1.45 bits per heavy atom. The van der Waals surface area contributed by atoms with Crippen LogP contribution in [0, 0.1) is 0 Å². The Labute approximate surface area is 154 Å². The predicted molar refractivity (Wildman–Crippen MR) is 97.2 cm³/mol. The van der Waals surface area contributed by atoms with E-state index in [0.29, 0.717) is 12.6 Å². The molecule has 8 heteroatoms. The van der Waals surface area contributed by atoms with Gasteiger partial charge in [-0.3, -0.25) is 9.69 Å². The van der Waals surface area contributed by atoms with Crippen LogP contribution in [0.1, 0.15) is 17.7 Å². The summed E-state index contributed by atoms with van der Waals surface area (Å²) in [5.74, 6) is 0.245. The van der Waals surface area contributed by atoms with Gasteiger partial charge in [0.25, 0.3) is 0 Å². The van der Waals surface area contributed by atoms with Crippen LogP contribution in [-0.4, -0.2) is 54.5 Å². The molecule has 0 aromatic carbocycles. The Balaban J connectivity index is 0.00000176. The van der Waals surface area contributed by atoms with Gasteiger partial charge in [-0.2, -0.15) is 0 Å². The molecule has 0 saturated carbocycles. The molecule has 1 aromatic heterocycles. The van der Waals surface area contributed by atoms with Gasteiger partial charge in [0.15, 0.2) is 0 Å². The third-order valence-corrected chi connectivity index (χ3v) is 6.58. The zero-order valence-corrected chi connectivity index (χ0v) is 16.2. The monoisotopic (exact) mass is 427 g/mol. The highest BCUT2D eigenvalue weighted by molar-refractivity contribution is 9.10. The fourth-order valence-corrected chi connectivity index (χ4v) is 4.96. The molecule has 3 heterocycles. The largest absolute Gasteiger partial charge is 0.336 e. The molecular formula is C14H20BrCl2N3OS. The van der Waals surface area contributed by atoms with Crippen molar-refractivity contribution in [2.24, 2.45) is 0 Å². The summed E-state index contributed by atoms with van der Waals surface area (Å²) < 4.78 is 1.80. The smallest absolute Gasteiger partial charge is 0.236 e. The highest BCUT2D eigenvalue weighted by Crippen LogP contribution is 2.33. The van der Waals surface area contributed by atoms with E-state index >= 15 is 0 Å². The number of carbonyl (C=O) groups excluding carboxylic acids is 1. The zero-order chi connectivity index (χ0) is 14.8. The SMILES string of the molecule is Cl.O=C1CNCCN1C1CCCN(Cc2cc(Br)c(Cl)s2)C1. The minimum atomic E-state index is 0. The summed E-state index contributed by atoms with van der Waals surface area (Å²) in [5, 5.41) is 3.14. The molecule has 1 amide bonds. The van der Waals surface area contributed by atoms with E-state index in [1.165, 1.54) is 4.88 Å². The summed E-state index contributed by atoms with van der Waals surface area (Å²) in [6.07, 6.45) is 2.28. The van der Waals surface area contributed by atoms with Crippen molar-refractivity contribution >= 4 is 57.2 Å². The molecular weight excluding hydrogens is 409 g/mol. The van der Waals surface area contributed by atoms with Crippen LogP contribution in [0.2, 0.25) is 4.34 Å². The first-order valence-electron chi connectivity index (χ1n) is 7.30. The summed E-state index contributed by atoms with van der Waals surface area (Å²) in [5.41, 5.74) is 0. The predicted octanol–water partition coefficient (Wildman–Crippen LogP) is 2.98. The van der Waals surface area contributed by atoms with E-state index in [1.54, 1.807) is 11.3 Å². The lowest BCUT2D eigenvalue weighted by molar-refractivity contribution is -0.135. The van der Waals surface area contributed by atoms with E-state index in [0.717, 1.165) is 54.4 Å². The number of piperazine rings is 1. The quantitative estimate of drug-likeness (QED) is 0.803. The number of amides is 1. The molecule has 0 radical (unpaired) electrons. The topological polar surface area (TPSA) is 35.6 Å². The maximum atomic E-state index is 12.0. The first-order chi connectivity index (χ1) is 10.1. The van der Waals surface area contributed by atoms with Crippen molar-refractivity contribution in [3.8, 4) is 0 Å². The number of halogens is 3. The molecule has 3 rings (SSSR count). The van der Waals surface area contributed by atoms with Gasteiger partial charge in [0.2, 0.25) is 5.91 Å². The molecule has 1 atom stereocenters. The molecule has 2 fully saturated rings. The van der Waals surface area contributed by atoms with Crippen molar-refractivity contribution in [2.75, 3.05) is 32.7 Å². The number of thiophene rings is 1. The van der Waals surface area contributed by atoms with Gasteiger partial charge in [-0.05, 0) is 41.4 Å². The van der Waals surface area contributed by atoms with E-state index in [4.69, 9.17) is 11.6 Å². The number of likely N-dealkylation sites (tertiary alicyclic amines) is 1. The normalized spacial score (nSPS) is 23.5. The Morgan fingerprint density at radius 2 is 2.27 bits per heavy atom. The Hall–Kier alpha value is 0.150. The molecule has 1 unspecified atom stereocenters. The molecule has 124 valence electrons. The van der Waals surface area contributed by atoms with Crippen LogP contribution in [0.4, 0.5) is 0 Å². The lowest BCUT2D eigenvalue weighted by atomic mass is 10.0. The van der Waals surface area contributed by atoms with E-state index in [9.17, 15) is 4.79 Å². The minimum Gasteiger partial charge on any atom is -0.336 e. The molecule has 0 bridgehead atoms. The summed E-state index contributed by atoms with van der Waals surface area (Å²) in [6.45, 7) is 5.24. The van der Waals surface area contributed by atoms with Gasteiger partial charge in [0.1, 0.15) is 4.34 Å². The molecule has 2 saturated heterocycles. The Morgan fingerprint density at radius 3 is 2.95 bits per heavy atom. The molecule has 0 spiro atoms. The number of nitrogens with zero attached hydrogens (tertiary/aromatic N) is 2. The first-order valence-corrected chi connectivity index (χ1v) is 9.28. The molecule has 0 aliphatic carbocycles. The van der Waals surface area contributed by atoms with E-state index < -0.39 is 0 Å². The van der Waals surface area contributed by atoms with Crippen molar-refractivity contribution in [3.05, 3.63) is 19.8 Å². The molecule has 1 aromatic rings. The van der Waals surface area contributed by atoms with Gasteiger partial charge in [-0.15, -0.1) is 23.7 Å². The maximum Gasteiger partial charge on any atom is 0.236 e. The maximum absolute atomic E-state index is 12.0. The fraction of sp³-hybridized carbons (Fsp3) is 0.643. The highest BCUT2D eigenvalue weighted by atomic mass is 79.9. The number of piperidine rings is 1. The molecule has 2 aliphatic heterocycles. The van der Waals surface area contributed by atoms with Crippen molar-refractivity contribution in [1.29, 1.82) is 0 Å². The van der Waals surface area contributed by atoms with Crippen LogP contribution in [0.15, 0.2) is 10.5 Å². The van der Waals surface area contributed by atoms with Crippen molar-refractivity contribution in [1.82, 2.24) is 15.1 Å². The van der Waals surface area contributed by atoms with Crippen LogP contribution >= 0.6 is 51.3 Å². The molecule has 22 heavy (non-hydrogen) atoms. The van der Waals surface area contributed by atoms with Crippen LogP contribution < -0.4 is 5.32 Å². The number of rotatable bonds is 3. The standard InChI is InChI=1S/C14H19BrClN3OS.ClH/c15-12-6-11(21-14(12)16)9-18-4-1-2-10(8-18)19-5-3-17-7-13(19)20;/h6,10,17H,1-5,7-9H2;1H. The Bertz CT molecular complexity index is 509. The number of hydrogen-bond donors (Lipinski definition) is 1. The summed E-state index contributed by atoms with van der Waals surface area (Å²) in [7, 11) is 0. The zero-order valence-electron chi connectivity index (χ0n) is 12.2. The average molecular weight is 429 g/mol. The van der Waals surface area contributed by atoms with Gasteiger partial charge in [0, 0.05) is 41.6 Å². The third-order valence-electron chi connectivity index (χ3n) is 4.12. The number of hydrogen-bond acceptors (Lipinski definition) is 4. The van der Waals surface area contributed by atoms with Gasteiger partial charge in [-0.1, -0.05) is 11.6 Å². The summed E-state index contributed by atoms with van der Waals surface area (Å²) in [4.78, 5) is 17.8. The van der Waals surface area contributed by atoms with E-state index in [2.05, 4.69) is 37.1 Å².